The number of carbonyl (C=O) groups excluding carboxylic acids is 1. The highest BCUT2D eigenvalue weighted by atomic mass is 16.5. The Morgan fingerprint density at radius 2 is 1.79 bits per heavy atom. The maximum atomic E-state index is 12.1. The fourth-order valence-corrected chi connectivity index (χ4v) is 2.46. The Kier molecular flexibility index (Phi) is 4.20. The van der Waals surface area contributed by atoms with E-state index in [2.05, 4.69) is 4.98 Å². The van der Waals surface area contributed by atoms with E-state index in [1.54, 1.807) is 35.9 Å². The molecular weight excluding hydrogens is 308 g/mol. The minimum Gasteiger partial charge on any atom is -0.507 e. The van der Waals surface area contributed by atoms with Crippen LogP contribution in [-0.4, -0.2) is 34.8 Å². The number of phenols is 1. The number of aromatic nitrogens is 2. The highest BCUT2D eigenvalue weighted by Crippen LogP contribution is 2.33. The highest BCUT2D eigenvalue weighted by Gasteiger charge is 2.22. The van der Waals surface area contributed by atoms with Gasteiger partial charge in [0.1, 0.15) is 17.8 Å². The van der Waals surface area contributed by atoms with E-state index in [-0.39, 0.29) is 11.4 Å². The van der Waals surface area contributed by atoms with Gasteiger partial charge in [0.2, 0.25) is 0 Å². The van der Waals surface area contributed by atoms with Crippen molar-refractivity contribution >= 4 is 5.97 Å². The number of benzene rings is 2. The normalized spacial score (nSPS) is 10.4. The average molecular weight is 324 g/mol. The molecule has 0 saturated carbocycles. The van der Waals surface area contributed by atoms with E-state index in [0.29, 0.717) is 11.3 Å². The molecule has 0 aliphatic heterocycles. The Bertz CT molecular complexity index is 869. The van der Waals surface area contributed by atoms with Crippen LogP contribution in [0.2, 0.25) is 0 Å². The first kappa shape index (κ1) is 15.6. The largest absolute Gasteiger partial charge is 0.507 e. The summed E-state index contributed by atoms with van der Waals surface area (Å²) in [7, 11) is 2.89. The van der Waals surface area contributed by atoms with Crippen LogP contribution in [0, 0.1) is 0 Å². The van der Waals surface area contributed by atoms with E-state index in [9.17, 15) is 9.90 Å². The number of para-hydroxylation sites is 1. The summed E-state index contributed by atoms with van der Waals surface area (Å²) in [5.74, 6) is 0.203. The predicted octanol–water partition coefficient (Wildman–Crippen LogP) is 3.04. The molecule has 0 amide bonds. The van der Waals surface area contributed by atoms with Gasteiger partial charge in [0.15, 0.2) is 5.69 Å². The van der Waals surface area contributed by atoms with Crippen LogP contribution >= 0.6 is 0 Å². The zero-order valence-corrected chi connectivity index (χ0v) is 13.3. The summed E-state index contributed by atoms with van der Waals surface area (Å²) in [6.07, 6.45) is 1.52. The lowest BCUT2D eigenvalue weighted by Crippen LogP contribution is -2.05. The SMILES string of the molecule is COC(=O)c1ncn(-c2ccc(OC)cc2)c1-c1ccccc1O. The second-order valence-corrected chi connectivity index (χ2v) is 5.02. The molecule has 2 aromatic carbocycles. The molecule has 0 radical (unpaired) electrons. The van der Waals surface area contributed by atoms with E-state index < -0.39 is 5.97 Å². The van der Waals surface area contributed by atoms with Crippen molar-refractivity contribution in [3.8, 4) is 28.4 Å². The van der Waals surface area contributed by atoms with Crippen LogP contribution < -0.4 is 4.74 Å². The standard InChI is InChI=1S/C18H16N2O4/c1-23-13-9-7-12(8-10-13)20-11-19-16(18(22)24-2)17(20)14-5-3-4-6-15(14)21/h3-11,21H,1-2H3. The lowest BCUT2D eigenvalue weighted by atomic mass is 10.1. The van der Waals surface area contributed by atoms with Gasteiger partial charge in [-0.15, -0.1) is 0 Å². The van der Waals surface area contributed by atoms with Crippen LogP contribution in [-0.2, 0) is 4.74 Å². The van der Waals surface area contributed by atoms with E-state index in [4.69, 9.17) is 9.47 Å². The third-order valence-electron chi connectivity index (χ3n) is 3.66. The van der Waals surface area contributed by atoms with E-state index in [1.165, 1.54) is 13.4 Å². The van der Waals surface area contributed by atoms with Crippen molar-refractivity contribution < 1.29 is 19.4 Å². The maximum absolute atomic E-state index is 12.1. The van der Waals surface area contributed by atoms with E-state index in [0.717, 1.165) is 11.4 Å². The third-order valence-corrected chi connectivity index (χ3v) is 3.66. The van der Waals surface area contributed by atoms with Crippen molar-refractivity contribution in [2.45, 2.75) is 0 Å². The Balaban J connectivity index is 2.21. The summed E-state index contributed by atoms with van der Waals surface area (Å²) in [5, 5.41) is 10.2. The number of carbonyl (C=O) groups is 1. The van der Waals surface area contributed by atoms with E-state index in [1.807, 2.05) is 24.3 Å². The van der Waals surface area contributed by atoms with Gasteiger partial charge in [-0.1, -0.05) is 12.1 Å². The molecule has 24 heavy (non-hydrogen) atoms. The first-order valence-electron chi connectivity index (χ1n) is 7.24. The Hall–Kier alpha value is -3.28. The molecule has 1 N–H and O–H groups in total. The second kappa shape index (κ2) is 6.45. The number of imidazole rings is 1. The number of nitrogens with zero attached hydrogens (tertiary/aromatic N) is 2. The zero-order valence-electron chi connectivity index (χ0n) is 13.3. The predicted molar refractivity (Wildman–Crippen MR) is 88.6 cm³/mol. The van der Waals surface area contributed by atoms with Crippen LogP contribution in [0.15, 0.2) is 54.9 Å². The van der Waals surface area contributed by atoms with Crippen molar-refractivity contribution in [2.75, 3.05) is 14.2 Å². The molecule has 0 saturated heterocycles. The van der Waals surface area contributed by atoms with Crippen LogP contribution in [0.5, 0.6) is 11.5 Å². The molecular formula is C18H16N2O4. The molecule has 6 nitrogen and oxygen atoms in total. The Labute approximate surface area is 138 Å². The van der Waals surface area contributed by atoms with Crippen molar-refractivity contribution in [1.82, 2.24) is 9.55 Å². The quantitative estimate of drug-likeness (QED) is 0.747. The van der Waals surface area contributed by atoms with Crippen LogP contribution in [0.25, 0.3) is 16.9 Å². The van der Waals surface area contributed by atoms with Gasteiger partial charge in [-0.2, -0.15) is 0 Å². The van der Waals surface area contributed by atoms with Crippen LogP contribution in [0.4, 0.5) is 0 Å². The van der Waals surface area contributed by atoms with Crippen molar-refractivity contribution in [3.05, 3.63) is 60.6 Å². The zero-order chi connectivity index (χ0) is 17.1. The Morgan fingerprint density at radius 1 is 1.08 bits per heavy atom. The molecule has 0 spiro atoms. The van der Waals surface area contributed by atoms with Gasteiger partial charge in [-0.25, -0.2) is 9.78 Å². The molecule has 1 heterocycles. The lowest BCUT2D eigenvalue weighted by molar-refractivity contribution is 0.0595. The molecule has 0 bridgehead atoms. The van der Waals surface area contributed by atoms with Gasteiger partial charge < -0.3 is 14.6 Å². The summed E-state index contributed by atoms with van der Waals surface area (Å²) in [6, 6.07) is 14.1. The summed E-state index contributed by atoms with van der Waals surface area (Å²) in [4.78, 5) is 16.2. The molecule has 0 unspecified atom stereocenters. The summed E-state index contributed by atoms with van der Waals surface area (Å²) in [6.45, 7) is 0. The number of hydrogen-bond donors (Lipinski definition) is 1. The van der Waals surface area contributed by atoms with E-state index >= 15 is 0 Å². The van der Waals surface area contributed by atoms with Gasteiger partial charge in [0.05, 0.1) is 19.9 Å². The second-order valence-electron chi connectivity index (χ2n) is 5.02. The van der Waals surface area contributed by atoms with Crippen molar-refractivity contribution in [2.24, 2.45) is 0 Å². The van der Waals surface area contributed by atoms with Gasteiger partial charge in [0.25, 0.3) is 0 Å². The molecule has 0 fully saturated rings. The van der Waals surface area contributed by atoms with Crippen molar-refractivity contribution in [1.29, 1.82) is 0 Å². The molecule has 3 rings (SSSR count). The smallest absolute Gasteiger partial charge is 0.358 e. The summed E-state index contributed by atoms with van der Waals surface area (Å²) in [5.41, 5.74) is 1.86. The number of phenolic OH excluding ortho intramolecular Hbond substituents is 1. The fourth-order valence-electron chi connectivity index (χ4n) is 2.46. The molecule has 0 atom stereocenters. The van der Waals surface area contributed by atoms with Gasteiger partial charge in [0, 0.05) is 11.3 Å². The van der Waals surface area contributed by atoms with Crippen molar-refractivity contribution in [3.63, 3.8) is 0 Å². The molecule has 1 aromatic heterocycles. The number of rotatable bonds is 4. The average Bonchev–Trinajstić information content (AvgIpc) is 3.06. The van der Waals surface area contributed by atoms with Crippen LogP contribution in [0.3, 0.4) is 0 Å². The number of aromatic hydroxyl groups is 1. The molecule has 122 valence electrons. The minimum absolute atomic E-state index is 0.0536. The number of methoxy groups -OCH3 is 2. The topological polar surface area (TPSA) is 73.6 Å². The summed E-state index contributed by atoms with van der Waals surface area (Å²) < 4.78 is 11.7. The van der Waals surface area contributed by atoms with Gasteiger partial charge in [-0.3, -0.25) is 4.57 Å². The number of ether oxygens (including phenoxy) is 2. The first-order chi connectivity index (χ1) is 11.7. The molecule has 6 heteroatoms. The van der Waals surface area contributed by atoms with Gasteiger partial charge >= 0.3 is 5.97 Å². The monoisotopic (exact) mass is 324 g/mol. The maximum Gasteiger partial charge on any atom is 0.358 e. The molecule has 3 aromatic rings. The Morgan fingerprint density at radius 3 is 2.42 bits per heavy atom. The van der Waals surface area contributed by atoms with Crippen LogP contribution in [0.1, 0.15) is 10.5 Å². The summed E-state index contributed by atoms with van der Waals surface area (Å²) >= 11 is 0. The van der Waals surface area contributed by atoms with Gasteiger partial charge in [-0.05, 0) is 36.4 Å². The molecule has 0 aliphatic carbocycles. The third kappa shape index (κ3) is 2.69. The molecule has 0 aliphatic rings. The number of esters is 1. The fraction of sp³-hybridized carbons (Fsp3) is 0.111. The minimum atomic E-state index is -0.569. The lowest BCUT2D eigenvalue weighted by Gasteiger charge is -2.11. The number of hydrogen-bond acceptors (Lipinski definition) is 5. The first-order valence-corrected chi connectivity index (χ1v) is 7.24. The highest BCUT2D eigenvalue weighted by molar-refractivity contribution is 5.95.